The van der Waals surface area contributed by atoms with E-state index >= 15 is 0 Å². The van der Waals surface area contributed by atoms with Crippen LogP contribution in [0.2, 0.25) is 0 Å². The quantitative estimate of drug-likeness (QED) is 0.642. The van der Waals surface area contributed by atoms with Crippen molar-refractivity contribution in [2.75, 3.05) is 32.8 Å². The lowest BCUT2D eigenvalue weighted by atomic mass is 10.2. The molecule has 1 aliphatic rings. The van der Waals surface area contributed by atoms with Crippen molar-refractivity contribution in [1.29, 1.82) is 0 Å². The van der Waals surface area contributed by atoms with E-state index in [4.69, 9.17) is 9.47 Å². The number of amides is 1. The average molecular weight is 396 g/mol. The van der Waals surface area contributed by atoms with E-state index in [1.165, 1.54) is 5.56 Å². The normalized spacial score (nSPS) is 15.6. The molecule has 1 amide bonds. The van der Waals surface area contributed by atoms with Crippen molar-refractivity contribution in [3.63, 3.8) is 0 Å². The zero-order valence-electron chi connectivity index (χ0n) is 17.0. The van der Waals surface area contributed by atoms with Gasteiger partial charge in [0.25, 0.3) is 5.91 Å². The van der Waals surface area contributed by atoms with Gasteiger partial charge in [0.15, 0.2) is 17.6 Å². The van der Waals surface area contributed by atoms with Crippen LogP contribution < -0.4 is 9.47 Å². The first-order valence-electron chi connectivity index (χ1n) is 10.0. The van der Waals surface area contributed by atoms with Crippen molar-refractivity contribution in [3.05, 3.63) is 59.7 Å². The highest BCUT2D eigenvalue weighted by Crippen LogP contribution is 2.29. The second kappa shape index (κ2) is 10.1. The Morgan fingerprint density at radius 2 is 1.79 bits per heavy atom. The Balaban J connectivity index is 1.55. The van der Waals surface area contributed by atoms with Gasteiger partial charge in [-0.1, -0.05) is 30.3 Å². The third-order valence-electron chi connectivity index (χ3n) is 4.99. The second-order valence-electron chi connectivity index (χ2n) is 7.10. The van der Waals surface area contributed by atoms with Crippen LogP contribution in [0.1, 0.15) is 29.8 Å². The minimum absolute atomic E-state index is 0.0359. The molecule has 6 nitrogen and oxygen atoms in total. The molecule has 1 fully saturated rings. The molecule has 1 atom stereocenters. The number of benzene rings is 2. The van der Waals surface area contributed by atoms with Crippen molar-refractivity contribution >= 4 is 12.2 Å². The van der Waals surface area contributed by atoms with Crippen LogP contribution in [-0.4, -0.2) is 60.9 Å². The number of ether oxygens (including phenoxy) is 2. The number of carbonyl (C=O) groups excluding carboxylic acids is 2. The summed E-state index contributed by atoms with van der Waals surface area (Å²) in [5.74, 6) is 0.914. The van der Waals surface area contributed by atoms with Crippen LogP contribution >= 0.6 is 0 Å². The fourth-order valence-electron chi connectivity index (χ4n) is 3.43. The van der Waals surface area contributed by atoms with Crippen LogP contribution in [0.5, 0.6) is 11.5 Å². The van der Waals surface area contributed by atoms with Gasteiger partial charge in [0.05, 0.1) is 6.61 Å². The molecule has 6 heteroatoms. The average Bonchev–Trinajstić information content (AvgIpc) is 2.76. The third-order valence-corrected chi connectivity index (χ3v) is 4.99. The molecule has 2 aromatic rings. The first-order valence-corrected chi connectivity index (χ1v) is 10.0. The van der Waals surface area contributed by atoms with Gasteiger partial charge in [0, 0.05) is 38.3 Å². The fraction of sp³-hybridized carbons (Fsp3) is 0.391. The minimum Gasteiger partial charge on any atom is -0.490 e. The summed E-state index contributed by atoms with van der Waals surface area (Å²) in [5, 5.41) is 0. The Kier molecular flexibility index (Phi) is 7.25. The Labute approximate surface area is 172 Å². The second-order valence-corrected chi connectivity index (χ2v) is 7.10. The number of nitrogens with zero attached hydrogens (tertiary/aromatic N) is 2. The van der Waals surface area contributed by atoms with Crippen molar-refractivity contribution in [2.24, 2.45) is 0 Å². The van der Waals surface area contributed by atoms with E-state index in [0.717, 1.165) is 25.9 Å². The highest BCUT2D eigenvalue weighted by molar-refractivity contribution is 5.81. The van der Waals surface area contributed by atoms with Crippen LogP contribution in [0.3, 0.4) is 0 Å². The number of hydrogen-bond donors (Lipinski definition) is 0. The lowest BCUT2D eigenvalue weighted by molar-refractivity contribution is -0.139. The summed E-state index contributed by atoms with van der Waals surface area (Å²) in [6.45, 7) is 8.00. The van der Waals surface area contributed by atoms with Gasteiger partial charge in [-0.2, -0.15) is 0 Å². The first-order chi connectivity index (χ1) is 14.1. The van der Waals surface area contributed by atoms with Crippen LogP contribution in [0.25, 0.3) is 0 Å². The van der Waals surface area contributed by atoms with Crippen LogP contribution in [0.4, 0.5) is 0 Å². The van der Waals surface area contributed by atoms with Crippen molar-refractivity contribution in [3.8, 4) is 11.5 Å². The molecule has 1 aliphatic heterocycles. The molecule has 2 aromatic carbocycles. The van der Waals surface area contributed by atoms with E-state index in [1.54, 1.807) is 25.1 Å². The molecular weight excluding hydrogens is 368 g/mol. The topological polar surface area (TPSA) is 59.1 Å². The zero-order chi connectivity index (χ0) is 20.6. The highest BCUT2D eigenvalue weighted by Gasteiger charge is 2.26. The zero-order valence-corrected chi connectivity index (χ0v) is 17.0. The lowest BCUT2D eigenvalue weighted by Gasteiger charge is -2.36. The van der Waals surface area contributed by atoms with Gasteiger partial charge < -0.3 is 14.4 Å². The largest absolute Gasteiger partial charge is 0.490 e. The highest BCUT2D eigenvalue weighted by atomic mass is 16.5. The molecule has 0 unspecified atom stereocenters. The molecule has 1 heterocycles. The molecule has 0 N–H and O–H groups in total. The summed E-state index contributed by atoms with van der Waals surface area (Å²) in [5.41, 5.74) is 1.79. The summed E-state index contributed by atoms with van der Waals surface area (Å²) in [7, 11) is 0. The predicted molar refractivity (Wildman–Crippen MR) is 111 cm³/mol. The van der Waals surface area contributed by atoms with E-state index in [0.29, 0.717) is 36.8 Å². The molecule has 0 aliphatic carbocycles. The first kappa shape index (κ1) is 20.9. The molecule has 0 spiro atoms. The van der Waals surface area contributed by atoms with E-state index in [1.807, 2.05) is 30.0 Å². The Bertz CT molecular complexity index is 817. The number of carbonyl (C=O) groups is 2. The molecule has 0 saturated carbocycles. The Hall–Kier alpha value is -2.86. The lowest BCUT2D eigenvalue weighted by Crippen LogP contribution is -2.51. The molecule has 29 heavy (non-hydrogen) atoms. The van der Waals surface area contributed by atoms with Gasteiger partial charge >= 0.3 is 0 Å². The van der Waals surface area contributed by atoms with Gasteiger partial charge in [0.2, 0.25) is 0 Å². The minimum atomic E-state index is -0.628. The summed E-state index contributed by atoms with van der Waals surface area (Å²) in [4.78, 5) is 28.0. The summed E-state index contributed by atoms with van der Waals surface area (Å²) in [6.07, 6.45) is 0.132. The molecule has 0 radical (unpaired) electrons. The number of aldehydes is 1. The number of piperazine rings is 1. The monoisotopic (exact) mass is 396 g/mol. The third kappa shape index (κ3) is 5.57. The van der Waals surface area contributed by atoms with Gasteiger partial charge in [-0.15, -0.1) is 0 Å². The predicted octanol–water partition coefficient (Wildman–Crippen LogP) is 3.01. The van der Waals surface area contributed by atoms with Gasteiger partial charge in [-0.05, 0) is 37.6 Å². The maximum atomic E-state index is 12.8. The number of hydrogen-bond acceptors (Lipinski definition) is 5. The SMILES string of the molecule is CCOc1cc(C=O)ccc1O[C@H](C)C(=O)N1CCN(Cc2ccccc2)CC1. The summed E-state index contributed by atoms with van der Waals surface area (Å²) < 4.78 is 11.5. The van der Waals surface area contributed by atoms with E-state index in [-0.39, 0.29) is 5.91 Å². The molecular formula is C23H28N2O4. The summed E-state index contributed by atoms with van der Waals surface area (Å²) >= 11 is 0. The molecule has 3 rings (SSSR count). The Morgan fingerprint density at radius 1 is 1.07 bits per heavy atom. The Morgan fingerprint density at radius 3 is 2.45 bits per heavy atom. The fourth-order valence-corrected chi connectivity index (χ4v) is 3.43. The molecule has 154 valence electrons. The van der Waals surface area contributed by atoms with Crippen LogP contribution in [0.15, 0.2) is 48.5 Å². The number of rotatable bonds is 8. The van der Waals surface area contributed by atoms with E-state index in [9.17, 15) is 9.59 Å². The van der Waals surface area contributed by atoms with E-state index in [2.05, 4.69) is 17.0 Å². The van der Waals surface area contributed by atoms with Crippen LogP contribution in [-0.2, 0) is 11.3 Å². The standard InChI is InChI=1S/C23H28N2O4/c1-3-28-22-15-20(17-26)9-10-21(22)29-18(2)23(27)25-13-11-24(12-14-25)16-19-7-5-4-6-8-19/h4-10,15,17-18H,3,11-14,16H2,1-2H3/t18-/m1/s1. The summed E-state index contributed by atoms with van der Waals surface area (Å²) in [6, 6.07) is 15.3. The van der Waals surface area contributed by atoms with Crippen molar-refractivity contribution in [2.45, 2.75) is 26.5 Å². The maximum absolute atomic E-state index is 12.8. The van der Waals surface area contributed by atoms with Crippen LogP contribution in [0, 0.1) is 0 Å². The smallest absolute Gasteiger partial charge is 0.263 e. The molecule has 0 bridgehead atoms. The van der Waals surface area contributed by atoms with E-state index < -0.39 is 6.10 Å². The van der Waals surface area contributed by atoms with Gasteiger partial charge in [-0.25, -0.2) is 0 Å². The van der Waals surface area contributed by atoms with Gasteiger partial charge in [0.1, 0.15) is 6.29 Å². The maximum Gasteiger partial charge on any atom is 0.263 e. The van der Waals surface area contributed by atoms with Gasteiger partial charge in [-0.3, -0.25) is 14.5 Å². The molecule has 1 saturated heterocycles. The van der Waals surface area contributed by atoms with Crippen molar-refractivity contribution < 1.29 is 19.1 Å². The van der Waals surface area contributed by atoms with Crippen molar-refractivity contribution in [1.82, 2.24) is 9.80 Å². The molecule has 0 aromatic heterocycles.